The van der Waals surface area contributed by atoms with Gasteiger partial charge in [-0.05, 0) is 6.92 Å². The van der Waals surface area contributed by atoms with E-state index in [0.29, 0.717) is 5.76 Å². The monoisotopic (exact) mass is 114 g/mol. The largest absolute Gasteiger partial charge is 0.509 e. The Labute approximate surface area is 48.6 Å². The van der Waals surface area contributed by atoms with Gasteiger partial charge in [0, 0.05) is 7.05 Å². The van der Waals surface area contributed by atoms with Gasteiger partial charge in [-0.15, -0.1) is 0 Å². The van der Waals surface area contributed by atoms with Crippen LogP contribution in [0.3, 0.4) is 0 Å². The average Bonchev–Trinajstić information content (AvgIpc) is 1.98. The lowest BCUT2D eigenvalue weighted by Crippen LogP contribution is -2.32. The lowest BCUT2D eigenvalue weighted by Gasteiger charge is -2.14. The van der Waals surface area contributed by atoms with Crippen molar-refractivity contribution in [3.63, 3.8) is 0 Å². The van der Waals surface area contributed by atoms with Crippen LogP contribution in [0.1, 0.15) is 6.92 Å². The zero-order chi connectivity index (χ0) is 6.15. The van der Waals surface area contributed by atoms with Crippen LogP contribution in [0.4, 0.5) is 0 Å². The fourth-order valence-electron chi connectivity index (χ4n) is 0.599. The van der Waals surface area contributed by atoms with Crippen LogP contribution in [-0.4, -0.2) is 23.2 Å². The van der Waals surface area contributed by atoms with Crippen LogP contribution in [-0.2, 0) is 0 Å². The van der Waals surface area contributed by atoms with E-state index in [1.165, 1.54) is 0 Å². The molecule has 1 rings (SSSR count). The van der Waals surface area contributed by atoms with Gasteiger partial charge < -0.3 is 10.5 Å². The molecular formula is C5H10N2O. The summed E-state index contributed by atoms with van der Waals surface area (Å²) in [5.41, 5.74) is 2.84. The quantitative estimate of drug-likeness (QED) is 0.473. The molecule has 0 fully saturated rings. The van der Waals surface area contributed by atoms with Gasteiger partial charge in [0.15, 0.2) is 0 Å². The van der Waals surface area contributed by atoms with E-state index in [1.54, 1.807) is 6.20 Å². The topological polar surface area (TPSA) is 35.5 Å². The lowest BCUT2D eigenvalue weighted by molar-refractivity contribution is 0.224. The van der Waals surface area contributed by atoms with Gasteiger partial charge in [-0.1, -0.05) is 0 Å². The Hall–Kier alpha value is -0.700. The lowest BCUT2D eigenvalue weighted by atomic mass is 10.3. The summed E-state index contributed by atoms with van der Waals surface area (Å²) >= 11 is 0. The molecule has 0 aliphatic carbocycles. The first kappa shape index (κ1) is 5.44. The van der Waals surface area contributed by atoms with Gasteiger partial charge in [0.1, 0.15) is 5.76 Å². The highest BCUT2D eigenvalue weighted by atomic mass is 16.3. The van der Waals surface area contributed by atoms with Gasteiger partial charge in [0.2, 0.25) is 0 Å². The summed E-state index contributed by atoms with van der Waals surface area (Å²) in [5, 5.41) is 10.8. The fourth-order valence-corrected chi connectivity index (χ4v) is 0.599. The third-order valence-electron chi connectivity index (χ3n) is 1.43. The first-order chi connectivity index (χ1) is 3.72. The van der Waals surface area contributed by atoms with E-state index in [1.807, 2.05) is 19.0 Å². The molecule has 8 heavy (non-hydrogen) atoms. The summed E-state index contributed by atoms with van der Waals surface area (Å²) in [4.78, 5) is 0. The second-order valence-corrected chi connectivity index (χ2v) is 1.99. The number of likely N-dealkylation sites (N-methyl/N-ethyl adjacent to an activating group) is 1. The van der Waals surface area contributed by atoms with E-state index >= 15 is 0 Å². The number of hydrogen-bond donors (Lipinski definition) is 2. The van der Waals surface area contributed by atoms with Crippen molar-refractivity contribution in [3.8, 4) is 0 Å². The third kappa shape index (κ3) is 0.648. The van der Waals surface area contributed by atoms with Crippen molar-refractivity contribution in [3.05, 3.63) is 12.0 Å². The number of hydrogen-bond acceptors (Lipinski definition) is 3. The summed E-state index contributed by atoms with van der Waals surface area (Å²) in [6.45, 7) is 1.92. The predicted octanol–water partition coefficient (Wildman–Crippen LogP) is 0.224. The molecule has 0 saturated carbocycles. The highest BCUT2D eigenvalue weighted by Crippen LogP contribution is 2.07. The number of nitrogens with zero attached hydrogens (tertiary/aromatic N) is 1. The Balaban J connectivity index is 2.59. The second-order valence-electron chi connectivity index (χ2n) is 1.99. The SMILES string of the molecule is CC1C(O)=CNN1C. The highest BCUT2D eigenvalue weighted by Gasteiger charge is 2.17. The predicted molar refractivity (Wildman–Crippen MR) is 31.1 cm³/mol. The molecule has 0 aromatic rings. The number of nitrogens with one attached hydrogen (secondary N) is 1. The van der Waals surface area contributed by atoms with Crippen LogP contribution in [0.2, 0.25) is 0 Å². The molecule has 3 heteroatoms. The molecule has 0 aromatic heterocycles. The molecule has 3 nitrogen and oxygen atoms in total. The molecule has 1 unspecified atom stereocenters. The van der Waals surface area contributed by atoms with Crippen LogP contribution in [0.25, 0.3) is 0 Å². The van der Waals surface area contributed by atoms with Crippen LogP contribution in [0.5, 0.6) is 0 Å². The van der Waals surface area contributed by atoms with Gasteiger partial charge in [0.05, 0.1) is 12.2 Å². The molecule has 0 spiro atoms. The molecule has 2 N–H and O–H groups in total. The van der Waals surface area contributed by atoms with Crippen LogP contribution in [0.15, 0.2) is 12.0 Å². The van der Waals surface area contributed by atoms with Gasteiger partial charge in [-0.25, -0.2) is 5.01 Å². The number of aliphatic hydroxyl groups is 1. The maximum Gasteiger partial charge on any atom is 0.128 e. The van der Waals surface area contributed by atoms with Gasteiger partial charge in [-0.2, -0.15) is 0 Å². The Kier molecular flexibility index (Phi) is 1.13. The zero-order valence-corrected chi connectivity index (χ0v) is 5.05. The van der Waals surface area contributed by atoms with Gasteiger partial charge >= 0.3 is 0 Å². The average molecular weight is 114 g/mol. The van der Waals surface area contributed by atoms with Crippen molar-refractivity contribution in [1.29, 1.82) is 0 Å². The second kappa shape index (κ2) is 1.67. The fraction of sp³-hybridized carbons (Fsp3) is 0.600. The van der Waals surface area contributed by atoms with E-state index < -0.39 is 0 Å². The normalized spacial score (nSPS) is 29.8. The minimum atomic E-state index is 0.120. The van der Waals surface area contributed by atoms with Crippen LogP contribution >= 0.6 is 0 Å². The van der Waals surface area contributed by atoms with Gasteiger partial charge in [-0.3, -0.25) is 0 Å². The Morgan fingerprint density at radius 2 is 2.50 bits per heavy atom. The molecule has 0 amide bonds. The maximum absolute atomic E-state index is 8.93. The smallest absolute Gasteiger partial charge is 0.128 e. The molecular weight excluding hydrogens is 104 g/mol. The minimum absolute atomic E-state index is 0.120. The first-order valence-corrected chi connectivity index (χ1v) is 2.60. The van der Waals surface area contributed by atoms with Crippen molar-refractivity contribution >= 4 is 0 Å². The van der Waals surface area contributed by atoms with Crippen molar-refractivity contribution in [2.45, 2.75) is 13.0 Å². The molecule has 1 atom stereocenters. The summed E-state index contributed by atoms with van der Waals surface area (Å²) in [6, 6.07) is 0.120. The number of rotatable bonds is 0. The molecule has 0 bridgehead atoms. The molecule has 1 aliphatic heterocycles. The maximum atomic E-state index is 8.93. The summed E-state index contributed by atoms with van der Waals surface area (Å²) in [7, 11) is 1.88. The van der Waals surface area contributed by atoms with E-state index in [-0.39, 0.29) is 6.04 Å². The summed E-state index contributed by atoms with van der Waals surface area (Å²) in [5.74, 6) is 0.396. The Bertz CT molecular complexity index is 122. The third-order valence-corrected chi connectivity index (χ3v) is 1.43. The Morgan fingerprint density at radius 1 is 1.88 bits per heavy atom. The number of hydrazine groups is 1. The van der Waals surface area contributed by atoms with Crippen LogP contribution < -0.4 is 5.43 Å². The standard InChI is InChI=1S/C5H10N2O/c1-4-5(8)3-6-7(4)2/h3-4,6,8H,1-2H3. The summed E-state index contributed by atoms with van der Waals surface area (Å²) in [6.07, 6.45) is 1.59. The molecule has 0 aromatic carbocycles. The van der Waals surface area contributed by atoms with Crippen molar-refractivity contribution in [1.82, 2.24) is 10.4 Å². The molecule has 46 valence electrons. The van der Waals surface area contributed by atoms with E-state index in [9.17, 15) is 0 Å². The molecule has 1 heterocycles. The minimum Gasteiger partial charge on any atom is -0.509 e. The first-order valence-electron chi connectivity index (χ1n) is 2.60. The van der Waals surface area contributed by atoms with E-state index in [0.717, 1.165) is 0 Å². The highest BCUT2D eigenvalue weighted by molar-refractivity contribution is 5.03. The van der Waals surface area contributed by atoms with Crippen molar-refractivity contribution in [2.75, 3.05) is 7.05 Å². The molecule has 0 radical (unpaired) electrons. The van der Waals surface area contributed by atoms with Gasteiger partial charge in [0.25, 0.3) is 0 Å². The number of aliphatic hydroxyl groups excluding tert-OH is 1. The van der Waals surface area contributed by atoms with Crippen molar-refractivity contribution in [2.24, 2.45) is 0 Å². The van der Waals surface area contributed by atoms with E-state index in [4.69, 9.17) is 5.11 Å². The molecule has 0 saturated heterocycles. The van der Waals surface area contributed by atoms with Crippen LogP contribution in [0, 0.1) is 0 Å². The van der Waals surface area contributed by atoms with Crippen molar-refractivity contribution < 1.29 is 5.11 Å². The van der Waals surface area contributed by atoms with E-state index in [2.05, 4.69) is 5.43 Å². The molecule has 1 aliphatic rings. The zero-order valence-electron chi connectivity index (χ0n) is 5.05. The summed E-state index contributed by atoms with van der Waals surface area (Å²) < 4.78 is 0. The Morgan fingerprint density at radius 3 is 2.62 bits per heavy atom.